The van der Waals surface area contributed by atoms with E-state index in [4.69, 9.17) is 0 Å². The lowest BCUT2D eigenvalue weighted by Gasteiger charge is -2.12. The van der Waals surface area contributed by atoms with Crippen LogP contribution in [0.25, 0.3) is 28.0 Å². The summed E-state index contributed by atoms with van der Waals surface area (Å²) in [4.78, 5) is 0. The summed E-state index contributed by atoms with van der Waals surface area (Å²) in [7, 11) is 0. The summed E-state index contributed by atoms with van der Waals surface area (Å²) in [6, 6.07) is 21.6. The zero-order valence-electron chi connectivity index (χ0n) is 14.4. The summed E-state index contributed by atoms with van der Waals surface area (Å²) >= 11 is 0. The first kappa shape index (κ1) is 16.1. The molecular formula is C22H24N2. The Morgan fingerprint density at radius 3 is 2.12 bits per heavy atom. The van der Waals surface area contributed by atoms with Crippen molar-refractivity contribution in [2.75, 3.05) is 0 Å². The number of nitrogens with zero attached hydrogens (tertiary/aromatic N) is 2. The molecule has 2 aromatic carbocycles. The van der Waals surface area contributed by atoms with Crippen molar-refractivity contribution in [3.8, 4) is 0 Å². The number of para-hydroxylation sites is 2. The highest BCUT2D eigenvalue weighted by molar-refractivity contribution is 5.81. The molecule has 0 amide bonds. The van der Waals surface area contributed by atoms with Crippen LogP contribution in [0.4, 0.5) is 0 Å². The fourth-order valence-corrected chi connectivity index (χ4v) is 2.95. The number of hydrogen-bond donors (Lipinski definition) is 0. The van der Waals surface area contributed by atoms with Gasteiger partial charge in [0.1, 0.15) is 0 Å². The molecule has 0 aliphatic rings. The largest absolute Gasteiger partial charge is 0.345 e. The predicted octanol–water partition coefficient (Wildman–Crippen LogP) is 6.35. The minimum Gasteiger partial charge on any atom is -0.345 e. The third kappa shape index (κ3) is 3.13. The third-order valence-electron chi connectivity index (χ3n) is 4.52. The van der Waals surface area contributed by atoms with Gasteiger partial charge in [-0.3, -0.25) is 0 Å². The lowest BCUT2D eigenvalue weighted by molar-refractivity contribution is 0.548. The van der Waals surface area contributed by atoms with Crippen molar-refractivity contribution in [3.63, 3.8) is 0 Å². The standard InChI is InChI=1S/C12H15N.C10H9N/c1-3-10(2)13-9-8-11-6-4-5-7-12(11)13;1-2-11-8-7-9-5-3-4-6-10(9)11/h4-10H,3H2,1-2H3;2-8H,1H2. The Kier molecular flexibility index (Phi) is 4.85. The Morgan fingerprint density at radius 1 is 0.875 bits per heavy atom. The molecule has 0 saturated carbocycles. The summed E-state index contributed by atoms with van der Waals surface area (Å²) in [6.45, 7) is 8.19. The van der Waals surface area contributed by atoms with E-state index in [0.29, 0.717) is 6.04 Å². The highest BCUT2D eigenvalue weighted by Crippen LogP contribution is 2.21. The summed E-state index contributed by atoms with van der Waals surface area (Å²) < 4.78 is 4.35. The smallest absolute Gasteiger partial charge is 0.0522 e. The van der Waals surface area contributed by atoms with Gasteiger partial charge in [0.05, 0.1) is 5.52 Å². The monoisotopic (exact) mass is 316 g/mol. The number of benzene rings is 2. The summed E-state index contributed by atoms with van der Waals surface area (Å²) in [5.41, 5.74) is 2.55. The Bertz CT molecular complexity index is 943. The quantitative estimate of drug-likeness (QED) is 0.416. The molecule has 2 aromatic heterocycles. The molecule has 122 valence electrons. The second-order valence-electron chi connectivity index (χ2n) is 6.00. The number of hydrogen-bond acceptors (Lipinski definition) is 0. The fourth-order valence-electron chi connectivity index (χ4n) is 2.95. The van der Waals surface area contributed by atoms with Gasteiger partial charge in [0.25, 0.3) is 0 Å². The van der Waals surface area contributed by atoms with Gasteiger partial charge >= 0.3 is 0 Å². The minimum absolute atomic E-state index is 0.597. The molecule has 2 heteroatoms. The van der Waals surface area contributed by atoms with Crippen LogP contribution in [0.3, 0.4) is 0 Å². The van der Waals surface area contributed by atoms with E-state index in [-0.39, 0.29) is 0 Å². The van der Waals surface area contributed by atoms with Gasteiger partial charge in [-0.2, -0.15) is 0 Å². The molecule has 0 fully saturated rings. The first-order chi connectivity index (χ1) is 11.7. The van der Waals surface area contributed by atoms with Crippen LogP contribution in [0, 0.1) is 0 Å². The average molecular weight is 316 g/mol. The molecule has 0 spiro atoms. The van der Waals surface area contributed by atoms with Gasteiger partial charge in [0, 0.05) is 30.2 Å². The summed E-state index contributed by atoms with van der Waals surface area (Å²) in [6.07, 6.45) is 7.18. The van der Waals surface area contributed by atoms with Crippen molar-refractivity contribution in [1.82, 2.24) is 9.13 Å². The molecule has 0 aliphatic heterocycles. The lowest BCUT2D eigenvalue weighted by Crippen LogP contribution is -2.01. The van der Waals surface area contributed by atoms with E-state index in [1.54, 1.807) is 0 Å². The second kappa shape index (κ2) is 7.22. The maximum absolute atomic E-state index is 3.72. The van der Waals surface area contributed by atoms with Gasteiger partial charge in [-0.05, 0) is 48.4 Å². The second-order valence-corrected chi connectivity index (χ2v) is 6.00. The first-order valence-corrected chi connectivity index (χ1v) is 8.48. The molecule has 0 bridgehead atoms. The number of aromatic nitrogens is 2. The van der Waals surface area contributed by atoms with Crippen LogP contribution in [0.1, 0.15) is 26.3 Å². The predicted molar refractivity (Wildman–Crippen MR) is 105 cm³/mol. The van der Waals surface area contributed by atoms with Crippen molar-refractivity contribution < 1.29 is 0 Å². The van der Waals surface area contributed by atoms with Crippen molar-refractivity contribution >= 4 is 28.0 Å². The molecule has 2 heterocycles. The van der Waals surface area contributed by atoms with E-state index in [0.717, 1.165) is 0 Å². The number of fused-ring (bicyclic) bond motifs is 2. The SMILES string of the molecule is C=Cn1ccc2ccccc21.CCC(C)n1ccc2ccccc21. The van der Waals surface area contributed by atoms with Crippen LogP contribution in [0.2, 0.25) is 0 Å². The summed E-state index contributed by atoms with van der Waals surface area (Å²) in [5, 5.41) is 2.59. The topological polar surface area (TPSA) is 9.86 Å². The van der Waals surface area contributed by atoms with Gasteiger partial charge in [-0.15, -0.1) is 0 Å². The van der Waals surface area contributed by atoms with Gasteiger partial charge in [0.15, 0.2) is 0 Å². The maximum atomic E-state index is 3.72. The van der Waals surface area contributed by atoms with Crippen LogP contribution in [0.5, 0.6) is 0 Å². The van der Waals surface area contributed by atoms with E-state index in [2.05, 4.69) is 79.7 Å². The van der Waals surface area contributed by atoms with Crippen LogP contribution < -0.4 is 0 Å². The Morgan fingerprint density at radius 2 is 1.46 bits per heavy atom. The normalized spacial score (nSPS) is 11.9. The molecule has 1 atom stereocenters. The van der Waals surface area contributed by atoms with Crippen LogP contribution in [-0.4, -0.2) is 9.13 Å². The zero-order valence-corrected chi connectivity index (χ0v) is 14.4. The molecule has 0 N–H and O–H groups in total. The fraction of sp³-hybridized carbons (Fsp3) is 0.182. The molecule has 0 aliphatic carbocycles. The van der Waals surface area contributed by atoms with Crippen molar-refractivity contribution in [2.45, 2.75) is 26.3 Å². The van der Waals surface area contributed by atoms with E-state index < -0.39 is 0 Å². The highest BCUT2D eigenvalue weighted by Gasteiger charge is 2.04. The third-order valence-corrected chi connectivity index (χ3v) is 4.52. The maximum Gasteiger partial charge on any atom is 0.0522 e. The molecule has 24 heavy (non-hydrogen) atoms. The van der Waals surface area contributed by atoms with Gasteiger partial charge in [-0.25, -0.2) is 0 Å². The van der Waals surface area contributed by atoms with E-state index in [1.165, 1.54) is 28.2 Å². The van der Waals surface area contributed by atoms with Crippen molar-refractivity contribution in [1.29, 1.82) is 0 Å². The molecule has 2 nitrogen and oxygen atoms in total. The van der Waals surface area contributed by atoms with Crippen LogP contribution >= 0.6 is 0 Å². The van der Waals surface area contributed by atoms with Gasteiger partial charge in [-0.1, -0.05) is 49.9 Å². The summed E-state index contributed by atoms with van der Waals surface area (Å²) in [5.74, 6) is 0. The molecule has 0 radical (unpaired) electrons. The Hall–Kier alpha value is -2.74. The zero-order chi connectivity index (χ0) is 16.9. The highest BCUT2D eigenvalue weighted by atomic mass is 15.0. The molecule has 4 aromatic rings. The molecule has 0 saturated heterocycles. The minimum atomic E-state index is 0.597. The molecular weight excluding hydrogens is 292 g/mol. The van der Waals surface area contributed by atoms with Crippen LogP contribution in [0.15, 0.2) is 79.6 Å². The van der Waals surface area contributed by atoms with E-state index >= 15 is 0 Å². The number of rotatable bonds is 3. The van der Waals surface area contributed by atoms with Crippen molar-refractivity contribution in [2.24, 2.45) is 0 Å². The average Bonchev–Trinajstić information content (AvgIpc) is 3.25. The Labute approximate surface area is 143 Å². The van der Waals surface area contributed by atoms with Crippen molar-refractivity contribution in [3.05, 3.63) is 79.6 Å². The van der Waals surface area contributed by atoms with E-state index in [1.807, 2.05) is 29.1 Å². The first-order valence-electron chi connectivity index (χ1n) is 8.48. The van der Waals surface area contributed by atoms with Gasteiger partial charge in [0.2, 0.25) is 0 Å². The molecule has 4 rings (SSSR count). The Balaban J connectivity index is 0.000000143. The van der Waals surface area contributed by atoms with Gasteiger partial charge < -0.3 is 9.13 Å². The van der Waals surface area contributed by atoms with Crippen LogP contribution in [-0.2, 0) is 0 Å². The molecule has 1 unspecified atom stereocenters. The van der Waals surface area contributed by atoms with E-state index in [9.17, 15) is 0 Å². The lowest BCUT2D eigenvalue weighted by atomic mass is 10.2.